The molecule has 1 amide bonds. The number of anilines is 1. The molecule has 0 spiro atoms. The van der Waals surface area contributed by atoms with E-state index in [0.29, 0.717) is 11.4 Å². The third-order valence-electron chi connectivity index (χ3n) is 3.97. The lowest BCUT2D eigenvalue weighted by Gasteiger charge is -2.16. The third-order valence-corrected chi connectivity index (χ3v) is 3.97. The summed E-state index contributed by atoms with van der Waals surface area (Å²) in [6.07, 6.45) is 5.83. The molecule has 0 bridgehead atoms. The fraction of sp³-hybridized carbons (Fsp3) is 0.278. The number of carbonyl (C=O) groups is 2. The fourth-order valence-electron chi connectivity index (χ4n) is 2.73. The molecule has 6 nitrogen and oxygen atoms in total. The Hall–Kier alpha value is -2.89. The number of para-hydroxylation sites is 2. The highest BCUT2D eigenvalue weighted by Crippen LogP contribution is 2.29. The number of rotatable bonds is 5. The molecule has 0 atom stereocenters. The van der Waals surface area contributed by atoms with Crippen molar-refractivity contribution >= 4 is 17.6 Å². The number of aromatic nitrogens is 1. The zero-order valence-electron chi connectivity index (χ0n) is 13.1. The second-order valence-electron chi connectivity index (χ2n) is 5.71. The molecule has 2 N–H and O–H groups in total. The van der Waals surface area contributed by atoms with Crippen LogP contribution in [0, 0.1) is 0 Å². The molecule has 1 aliphatic carbocycles. The van der Waals surface area contributed by atoms with E-state index in [1.807, 2.05) is 12.1 Å². The first-order valence-corrected chi connectivity index (χ1v) is 7.90. The number of benzene rings is 1. The Balaban J connectivity index is 1.76. The van der Waals surface area contributed by atoms with Crippen LogP contribution in [-0.2, 0) is 0 Å². The molecule has 1 fully saturated rings. The molecular formula is C18H18N2O4. The first-order valence-electron chi connectivity index (χ1n) is 7.90. The lowest BCUT2D eigenvalue weighted by atomic mass is 10.2. The molecule has 1 aliphatic rings. The Morgan fingerprint density at radius 2 is 1.92 bits per heavy atom. The van der Waals surface area contributed by atoms with Crippen LogP contribution in [-0.4, -0.2) is 28.1 Å². The Morgan fingerprint density at radius 1 is 1.17 bits per heavy atom. The van der Waals surface area contributed by atoms with Gasteiger partial charge in [0.15, 0.2) is 0 Å². The number of hydrogen-bond acceptors (Lipinski definition) is 4. The summed E-state index contributed by atoms with van der Waals surface area (Å²) >= 11 is 0. The van der Waals surface area contributed by atoms with Crippen LogP contribution in [0.5, 0.6) is 5.75 Å². The minimum atomic E-state index is -1.10. The van der Waals surface area contributed by atoms with E-state index in [0.717, 1.165) is 25.7 Å². The van der Waals surface area contributed by atoms with Crippen LogP contribution in [0.15, 0.2) is 42.6 Å². The first kappa shape index (κ1) is 16.0. The summed E-state index contributed by atoms with van der Waals surface area (Å²) in [7, 11) is 0. The summed E-state index contributed by atoms with van der Waals surface area (Å²) in [4.78, 5) is 27.3. The molecule has 2 aromatic rings. The second kappa shape index (κ2) is 7.12. The number of carboxylic acids is 1. The van der Waals surface area contributed by atoms with Gasteiger partial charge >= 0.3 is 5.97 Å². The van der Waals surface area contributed by atoms with Crippen LogP contribution >= 0.6 is 0 Å². The van der Waals surface area contributed by atoms with Gasteiger partial charge in [0.2, 0.25) is 0 Å². The molecule has 24 heavy (non-hydrogen) atoms. The molecule has 0 aliphatic heterocycles. The molecule has 0 radical (unpaired) electrons. The highest BCUT2D eigenvalue weighted by Gasteiger charge is 2.19. The number of carbonyl (C=O) groups excluding carboxylic acids is 1. The van der Waals surface area contributed by atoms with E-state index >= 15 is 0 Å². The zero-order chi connectivity index (χ0) is 16.9. The molecule has 3 rings (SSSR count). The van der Waals surface area contributed by atoms with Gasteiger partial charge in [0.25, 0.3) is 5.91 Å². The molecule has 1 heterocycles. The summed E-state index contributed by atoms with van der Waals surface area (Å²) in [5.74, 6) is -0.955. The standard InChI is InChI=1S/C18H18N2O4/c21-17(15-11-12(18(22)23)9-10-19-15)20-14-7-3-4-8-16(14)24-13-5-1-2-6-13/h3-4,7-11,13H,1-2,5-6H2,(H,20,21)(H,22,23). The van der Waals surface area contributed by atoms with E-state index in [2.05, 4.69) is 10.3 Å². The lowest BCUT2D eigenvalue weighted by Crippen LogP contribution is -2.17. The average molecular weight is 326 g/mol. The first-order chi connectivity index (χ1) is 11.6. The monoisotopic (exact) mass is 326 g/mol. The van der Waals surface area contributed by atoms with Gasteiger partial charge in [0.1, 0.15) is 11.4 Å². The van der Waals surface area contributed by atoms with Gasteiger partial charge < -0.3 is 15.2 Å². The largest absolute Gasteiger partial charge is 0.488 e. The van der Waals surface area contributed by atoms with Gasteiger partial charge in [0, 0.05) is 6.20 Å². The van der Waals surface area contributed by atoms with Crippen molar-refractivity contribution in [3.05, 3.63) is 53.9 Å². The van der Waals surface area contributed by atoms with Crippen LogP contribution in [0.3, 0.4) is 0 Å². The van der Waals surface area contributed by atoms with Crippen LogP contribution in [0.25, 0.3) is 0 Å². The average Bonchev–Trinajstić information content (AvgIpc) is 3.10. The van der Waals surface area contributed by atoms with E-state index in [-0.39, 0.29) is 17.4 Å². The quantitative estimate of drug-likeness (QED) is 0.879. The Kier molecular flexibility index (Phi) is 4.74. The molecule has 1 aromatic carbocycles. The number of amides is 1. The van der Waals surface area contributed by atoms with Gasteiger partial charge in [0.05, 0.1) is 17.4 Å². The Morgan fingerprint density at radius 3 is 2.67 bits per heavy atom. The summed E-state index contributed by atoms with van der Waals surface area (Å²) in [6, 6.07) is 9.81. The van der Waals surface area contributed by atoms with E-state index < -0.39 is 11.9 Å². The number of pyridine rings is 1. The van der Waals surface area contributed by atoms with Gasteiger partial charge in [-0.1, -0.05) is 12.1 Å². The predicted molar refractivity (Wildman–Crippen MR) is 88.5 cm³/mol. The molecular weight excluding hydrogens is 308 g/mol. The second-order valence-corrected chi connectivity index (χ2v) is 5.71. The molecule has 1 saturated carbocycles. The van der Waals surface area contributed by atoms with Crippen molar-refractivity contribution in [1.29, 1.82) is 0 Å². The van der Waals surface area contributed by atoms with Crippen LogP contribution in [0.4, 0.5) is 5.69 Å². The Bertz CT molecular complexity index is 754. The van der Waals surface area contributed by atoms with Crippen LogP contribution in [0.1, 0.15) is 46.5 Å². The van der Waals surface area contributed by atoms with Gasteiger partial charge in [-0.05, 0) is 49.9 Å². The topological polar surface area (TPSA) is 88.5 Å². The van der Waals surface area contributed by atoms with E-state index in [1.165, 1.54) is 18.3 Å². The molecule has 0 unspecified atom stereocenters. The van der Waals surface area contributed by atoms with Crippen molar-refractivity contribution in [2.24, 2.45) is 0 Å². The number of carboxylic acid groups (broad SMARTS) is 1. The van der Waals surface area contributed by atoms with Crippen LogP contribution in [0.2, 0.25) is 0 Å². The van der Waals surface area contributed by atoms with Crippen molar-refractivity contribution in [1.82, 2.24) is 4.98 Å². The molecule has 124 valence electrons. The normalized spacial score (nSPS) is 14.3. The van der Waals surface area contributed by atoms with E-state index in [1.54, 1.807) is 12.1 Å². The maximum absolute atomic E-state index is 12.4. The number of nitrogens with zero attached hydrogens (tertiary/aromatic N) is 1. The van der Waals surface area contributed by atoms with Gasteiger partial charge in [-0.15, -0.1) is 0 Å². The van der Waals surface area contributed by atoms with Gasteiger partial charge in [-0.25, -0.2) is 4.79 Å². The minimum Gasteiger partial charge on any atom is -0.488 e. The summed E-state index contributed by atoms with van der Waals surface area (Å²) < 4.78 is 5.98. The van der Waals surface area contributed by atoms with Crippen LogP contribution < -0.4 is 10.1 Å². The zero-order valence-corrected chi connectivity index (χ0v) is 13.1. The van der Waals surface area contributed by atoms with Crippen molar-refractivity contribution in [2.75, 3.05) is 5.32 Å². The van der Waals surface area contributed by atoms with E-state index in [9.17, 15) is 9.59 Å². The molecule has 6 heteroatoms. The number of hydrogen-bond donors (Lipinski definition) is 2. The molecule has 0 saturated heterocycles. The highest BCUT2D eigenvalue weighted by molar-refractivity contribution is 6.04. The van der Waals surface area contributed by atoms with Crippen molar-refractivity contribution in [3.8, 4) is 5.75 Å². The number of aromatic carboxylic acids is 1. The smallest absolute Gasteiger partial charge is 0.335 e. The summed E-state index contributed by atoms with van der Waals surface area (Å²) in [5.41, 5.74) is 0.619. The SMILES string of the molecule is O=C(O)c1ccnc(C(=O)Nc2ccccc2OC2CCCC2)c1. The third kappa shape index (κ3) is 3.71. The van der Waals surface area contributed by atoms with Gasteiger partial charge in [-0.2, -0.15) is 0 Å². The molecule has 1 aromatic heterocycles. The van der Waals surface area contributed by atoms with Gasteiger partial charge in [-0.3, -0.25) is 9.78 Å². The number of ether oxygens (including phenoxy) is 1. The summed E-state index contributed by atoms with van der Waals surface area (Å²) in [5, 5.41) is 11.8. The minimum absolute atomic E-state index is 0.0191. The predicted octanol–water partition coefficient (Wildman–Crippen LogP) is 3.35. The van der Waals surface area contributed by atoms with Crippen molar-refractivity contribution in [3.63, 3.8) is 0 Å². The number of nitrogens with one attached hydrogen (secondary N) is 1. The lowest BCUT2D eigenvalue weighted by molar-refractivity contribution is 0.0696. The fourth-order valence-corrected chi connectivity index (χ4v) is 2.73. The summed E-state index contributed by atoms with van der Waals surface area (Å²) in [6.45, 7) is 0. The van der Waals surface area contributed by atoms with Crippen molar-refractivity contribution < 1.29 is 19.4 Å². The maximum Gasteiger partial charge on any atom is 0.335 e. The highest BCUT2D eigenvalue weighted by atomic mass is 16.5. The maximum atomic E-state index is 12.4. The Labute approximate surface area is 139 Å². The van der Waals surface area contributed by atoms with Crippen molar-refractivity contribution in [2.45, 2.75) is 31.8 Å². The van der Waals surface area contributed by atoms with E-state index in [4.69, 9.17) is 9.84 Å².